The van der Waals surface area contributed by atoms with Gasteiger partial charge in [-0.3, -0.25) is 4.40 Å². The van der Waals surface area contributed by atoms with Gasteiger partial charge in [-0.1, -0.05) is 6.07 Å². The Hall–Kier alpha value is -2.80. The summed E-state index contributed by atoms with van der Waals surface area (Å²) in [7, 11) is 0. The molecule has 0 bridgehead atoms. The number of benzene rings is 1. The predicted molar refractivity (Wildman–Crippen MR) is 81.2 cm³/mol. The molecule has 0 N–H and O–H groups in total. The number of hydrogen-bond donors (Lipinski definition) is 0. The summed E-state index contributed by atoms with van der Waals surface area (Å²) in [6, 6.07) is 13.8. The molecular weight excluding hydrogens is 262 g/mol. The fourth-order valence-corrected chi connectivity index (χ4v) is 2.39. The first-order valence-corrected chi connectivity index (χ1v) is 6.85. The van der Waals surface area contributed by atoms with E-state index in [0.29, 0.717) is 18.0 Å². The molecule has 0 spiro atoms. The first kappa shape index (κ1) is 13.2. The highest BCUT2D eigenvalue weighted by molar-refractivity contribution is 5.71. The quantitative estimate of drug-likeness (QED) is 0.735. The van der Waals surface area contributed by atoms with Gasteiger partial charge in [0.2, 0.25) is 0 Å². The van der Waals surface area contributed by atoms with E-state index in [9.17, 15) is 5.26 Å². The third-order valence-corrected chi connectivity index (χ3v) is 3.39. The maximum atomic E-state index is 9.46. The number of aromatic nitrogens is 2. The Labute approximate surface area is 123 Å². The van der Waals surface area contributed by atoms with E-state index in [4.69, 9.17) is 4.74 Å². The molecule has 2 heterocycles. The van der Waals surface area contributed by atoms with E-state index in [1.807, 2.05) is 60.8 Å². The van der Waals surface area contributed by atoms with Crippen LogP contribution in [0.5, 0.6) is 5.75 Å². The Bertz CT molecular complexity index is 826. The largest absolute Gasteiger partial charge is 0.494 e. The summed E-state index contributed by atoms with van der Waals surface area (Å²) < 4.78 is 7.28. The average molecular weight is 277 g/mol. The van der Waals surface area contributed by atoms with Gasteiger partial charge in [0.15, 0.2) is 5.69 Å². The Kier molecular flexibility index (Phi) is 3.33. The molecule has 0 aliphatic heterocycles. The topological polar surface area (TPSA) is 50.3 Å². The van der Waals surface area contributed by atoms with Crippen LogP contribution in [0.2, 0.25) is 0 Å². The van der Waals surface area contributed by atoms with Gasteiger partial charge in [0.1, 0.15) is 23.2 Å². The van der Waals surface area contributed by atoms with Crippen LogP contribution in [-0.2, 0) is 0 Å². The van der Waals surface area contributed by atoms with Crippen molar-refractivity contribution in [3.8, 4) is 23.1 Å². The van der Waals surface area contributed by atoms with Crippen LogP contribution in [0, 0.1) is 18.3 Å². The number of imidazole rings is 1. The highest BCUT2D eigenvalue weighted by Gasteiger charge is 2.14. The lowest BCUT2D eigenvalue weighted by Crippen LogP contribution is -1.91. The molecule has 0 saturated heterocycles. The Morgan fingerprint density at radius 1 is 1.24 bits per heavy atom. The van der Waals surface area contributed by atoms with Crippen molar-refractivity contribution in [2.24, 2.45) is 0 Å². The highest BCUT2D eigenvalue weighted by Crippen LogP contribution is 2.26. The zero-order chi connectivity index (χ0) is 14.8. The van der Waals surface area contributed by atoms with Crippen LogP contribution in [0.15, 0.2) is 42.6 Å². The second-order valence-corrected chi connectivity index (χ2v) is 4.76. The lowest BCUT2D eigenvalue weighted by molar-refractivity contribution is 0.340. The van der Waals surface area contributed by atoms with Crippen LogP contribution >= 0.6 is 0 Å². The van der Waals surface area contributed by atoms with Gasteiger partial charge in [0.05, 0.1) is 6.61 Å². The Morgan fingerprint density at radius 3 is 2.67 bits per heavy atom. The van der Waals surface area contributed by atoms with Crippen LogP contribution in [0.1, 0.15) is 18.2 Å². The maximum absolute atomic E-state index is 9.46. The van der Waals surface area contributed by atoms with E-state index < -0.39 is 0 Å². The number of nitriles is 1. The summed E-state index contributed by atoms with van der Waals surface area (Å²) in [6.45, 7) is 4.58. The molecule has 3 aromatic rings. The first-order chi connectivity index (χ1) is 10.2. The third kappa shape index (κ3) is 2.23. The molecule has 4 nitrogen and oxygen atoms in total. The fourth-order valence-electron chi connectivity index (χ4n) is 2.39. The minimum Gasteiger partial charge on any atom is -0.494 e. The lowest BCUT2D eigenvalue weighted by atomic mass is 10.1. The van der Waals surface area contributed by atoms with Crippen LogP contribution < -0.4 is 4.74 Å². The summed E-state index contributed by atoms with van der Waals surface area (Å²) in [5.74, 6) is 0.819. The second-order valence-electron chi connectivity index (χ2n) is 4.76. The van der Waals surface area contributed by atoms with E-state index in [-0.39, 0.29) is 0 Å². The van der Waals surface area contributed by atoms with Gasteiger partial charge in [-0.15, -0.1) is 0 Å². The van der Waals surface area contributed by atoms with Crippen LogP contribution in [-0.4, -0.2) is 16.0 Å². The molecule has 0 atom stereocenters. The standard InChI is InChI=1S/C17H15N3O/c1-3-21-14-8-6-13(7-9-14)16-15(11-18)20-10-4-5-12(2)17(20)19-16/h4-10H,3H2,1-2H3. The van der Waals surface area contributed by atoms with E-state index in [1.165, 1.54) is 0 Å². The van der Waals surface area contributed by atoms with Crippen molar-refractivity contribution in [3.05, 3.63) is 53.9 Å². The van der Waals surface area contributed by atoms with Gasteiger partial charge in [-0.2, -0.15) is 5.26 Å². The minimum absolute atomic E-state index is 0.554. The number of hydrogen-bond acceptors (Lipinski definition) is 3. The van der Waals surface area contributed by atoms with Gasteiger partial charge >= 0.3 is 0 Å². The molecule has 21 heavy (non-hydrogen) atoms. The SMILES string of the molecule is CCOc1ccc(-c2nc3c(C)cccn3c2C#N)cc1. The average Bonchev–Trinajstić information content (AvgIpc) is 2.88. The van der Waals surface area contributed by atoms with E-state index in [1.54, 1.807) is 0 Å². The van der Waals surface area contributed by atoms with Crippen molar-refractivity contribution in [2.45, 2.75) is 13.8 Å². The van der Waals surface area contributed by atoms with E-state index >= 15 is 0 Å². The lowest BCUT2D eigenvalue weighted by Gasteiger charge is -2.03. The summed E-state index contributed by atoms with van der Waals surface area (Å²) in [5, 5.41) is 9.46. The smallest absolute Gasteiger partial charge is 0.152 e. The number of aryl methyl sites for hydroxylation is 1. The van der Waals surface area contributed by atoms with Crippen molar-refractivity contribution in [2.75, 3.05) is 6.61 Å². The Balaban J connectivity index is 2.16. The van der Waals surface area contributed by atoms with Gasteiger partial charge in [-0.05, 0) is 49.7 Å². The third-order valence-electron chi connectivity index (χ3n) is 3.39. The van der Waals surface area contributed by atoms with Crippen molar-refractivity contribution in [1.82, 2.24) is 9.38 Å². The molecule has 104 valence electrons. The molecule has 0 radical (unpaired) electrons. The van der Waals surface area contributed by atoms with Crippen molar-refractivity contribution >= 4 is 5.65 Å². The monoisotopic (exact) mass is 277 g/mol. The molecule has 0 fully saturated rings. The van der Waals surface area contributed by atoms with Crippen LogP contribution in [0.4, 0.5) is 0 Å². The van der Waals surface area contributed by atoms with Gasteiger partial charge in [0, 0.05) is 11.8 Å². The van der Waals surface area contributed by atoms with Crippen molar-refractivity contribution in [1.29, 1.82) is 5.26 Å². The molecule has 0 saturated carbocycles. The number of ether oxygens (including phenoxy) is 1. The van der Waals surface area contributed by atoms with Crippen molar-refractivity contribution in [3.63, 3.8) is 0 Å². The molecule has 3 rings (SSSR count). The minimum atomic E-state index is 0.554. The summed E-state index contributed by atoms with van der Waals surface area (Å²) in [6.07, 6.45) is 1.87. The number of rotatable bonds is 3. The zero-order valence-corrected chi connectivity index (χ0v) is 12.0. The highest BCUT2D eigenvalue weighted by atomic mass is 16.5. The molecule has 0 aliphatic carbocycles. The van der Waals surface area contributed by atoms with Gasteiger partial charge < -0.3 is 4.74 Å². The molecule has 0 aliphatic rings. The molecular formula is C17H15N3O. The maximum Gasteiger partial charge on any atom is 0.152 e. The molecule has 4 heteroatoms. The number of pyridine rings is 1. The van der Waals surface area contributed by atoms with Gasteiger partial charge in [0.25, 0.3) is 0 Å². The van der Waals surface area contributed by atoms with Crippen LogP contribution in [0.3, 0.4) is 0 Å². The fraction of sp³-hybridized carbons (Fsp3) is 0.176. The predicted octanol–water partition coefficient (Wildman–Crippen LogP) is 3.58. The first-order valence-electron chi connectivity index (χ1n) is 6.85. The molecule has 0 unspecified atom stereocenters. The van der Waals surface area contributed by atoms with Crippen LogP contribution in [0.25, 0.3) is 16.9 Å². The van der Waals surface area contributed by atoms with Crippen molar-refractivity contribution < 1.29 is 4.74 Å². The number of fused-ring (bicyclic) bond motifs is 1. The van der Waals surface area contributed by atoms with E-state index in [2.05, 4.69) is 11.1 Å². The molecule has 0 amide bonds. The normalized spacial score (nSPS) is 10.5. The van der Waals surface area contributed by atoms with Gasteiger partial charge in [-0.25, -0.2) is 4.98 Å². The zero-order valence-electron chi connectivity index (χ0n) is 12.0. The summed E-state index contributed by atoms with van der Waals surface area (Å²) >= 11 is 0. The number of nitrogens with zero attached hydrogens (tertiary/aromatic N) is 3. The molecule has 2 aromatic heterocycles. The second kappa shape index (κ2) is 5.29. The van der Waals surface area contributed by atoms with E-state index in [0.717, 1.165) is 22.5 Å². The molecule has 1 aromatic carbocycles. The summed E-state index contributed by atoms with van der Waals surface area (Å²) in [4.78, 5) is 4.63. The summed E-state index contributed by atoms with van der Waals surface area (Å²) in [5.41, 5.74) is 4.04. The Morgan fingerprint density at radius 2 is 2.00 bits per heavy atom.